The molecule has 0 aliphatic heterocycles. The van der Waals surface area contributed by atoms with Crippen LogP contribution >= 0.6 is 11.3 Å². The zero-order valence-corrected chi connectivity index (χ0v) is 11.0. The van der Waals surface area contributed by atoms with Crippen molar-refractivity contribution in [2.75, 3.05) is 11.6 Å². The molecule has 0 radical (unpaired) electrons. The van der Waals surface area contributed by atoms with E-state index in [0.717, 1.165) is 0 Å². The number of thiophene rings is 1. The third-order valence-corrected chi connectivity index (χ3v) is 4.35. The molecule has 1 aromatic heterocycles. The fraction of sp³-hybridized carbons (Fsp3) is 0.167. The van der Waals surface area contributed by atoms with Crippen LogP contribution in [0.25, 0.3) is 0 Å². The Morgan fingerprint density at radius 2 is 1.94 bits per heavy atom. The number of hydrogen-bond acceptors (Lipinski definition) is 4. The molecule has 5 heteroatoms. The predicted molar refractivity (Wildman–Crippen MR) is 71.2 cm³/mol. The Labute approximate surface area is 105 Å². The molecule has 2 rings (SSSR count). The summed E-state index contributed by atoms with van der Waals surface area (Å²) in [5, 5.41) is 5.15. The molecule has 0 bridgehead atoms. The highest BCUT2D eigenvalue weighted by atomic mass is 32.2. The maximum Gasteiger partial charge on any atom is 0.177 e. The molecule has 1 aromatic carbocycles. The summed E-state index contributed by atoms with van der Waals surface area (Å²) < 4.78 is 23.2. The molecule has 0 amide bonds. The van der Waals surface area contributed by atoms with E-state index in [2.05, 4.69) is 5.32 Å². The third-order valence-electron chi connectivity index (χ3n) is 2.32. The maximum absolute atomic E-state index is 11.6. The molecule has 3 nitrogen and oxygen atoms in total. The molecule has 0 atom stereocenters. The lowest BCUT2D eigenvalue weighted by Crippen LogP contribution is -2.05. The van der Waals surface area contributed by atoms with Gasteiger partial charge in [-0.2, -0.15) is 0 Å². The van der Waals surface area contributed by atoms with Crippen molar-refractivity contribution >= 4 is 26.9 Å². The van der Waals surface area contributed by atoms with Crippen LogP contribution in [0.5, 0.6) is 0 Å². The highest BCUT2D eigenvalue weighted by Gasteiger charge is 2.11. The Bertz CT molecular complexity index is 589. The van der Waals surface area contributed by atoms with Crippen LogP contribution in [-0.2, 0) is 16.4 Å². The van der Waals surface area contributed by atoms with Crippen LogP contribution in [0.15, 0.2) is 46.7 Å². The van der Waals surface area contributed by atoms with Gasteiger partial charge in [-0.25, -0.2) is 8.42 Å². The van der Waals surface area contributed by atoms with Gasteiger partial charge in [0.1, 0.15) is 0 Å². The van der Waals surface area contributed by atoms with Crippen molar-refractivity contribution in [2.45, 2.75) is 11.4 Å². The average molecular weight is 267 g/mol. The van der Waals surface area contributed by atoms with Crippen molar-refractivity contribution < 1.29 is 8.42 Å². The van der Waals surface area contributed by atoms with E-state index in [0.29, 0.717) is 17.1 Å². The van der Waals surface area contributed by atoms with Crippen LogP contribution in [0.2, 0.25) is 0 Å². The van der Waals surface area contributed by atoms with Crippen molar-refractivity contribution in [3.05, 3.63) is 46.7 Å². The molecule has 0 spiro atoms. The Morgan fingerprint density at radius 1 is 1.18 bits per heavy atom. The summed E-state index contributed by atoms with van der Waals surface area (Å²) >= 11 is 1.64. The summed E-state index contributed by atoms with van der Waals surface area (Å²) in [5.41, 5.74) is 0.656. The molecule has 0 aliphatic carbocycles. The zero-order valence-electron chi connectivity index (χ0n) is 9.38. The molecule has 0 unspecified atom stereocenters. The lowest BCUT2D eigenvalue weighted by molar-refractivity contribution is 0.602. The molecule has 1 heterocycles. The standard InChI is InChI=1S/C12H13NO2S2/c1-17(14,15)12-7-3-2-6-11(12)13-9-10-5-4-8-16-10/h2-8,13H,9H2,1H3. The fourth-order valence-corrected chi connectivity index (χ4v) is 3.04. The van der Waals surface area contributed by atoms with Crippen LogP contribution in [0, 0.1) is 0 Å². The smallest absolute Gasteiger partial charge is 0.177 e. The van der Waals surface area contributed by atoms with Crippen LogP contribution in [0.3, 0.4) is 0 Å². The van der Waals surface area contributed by atoms with Crippen LogP contribution < -0.4 is 5.32 Å². The molecule has 0 fully saturated rings. The monoisotopic (exact) mass is 267 g/mol. The lowest BCUT2D eigenvalue weighted by Gasteiger charge is -2.09. The summed E-state index contributed by atoms with van der Waals surface area (Å²) in [4.78, 5) is 1.52. The van der Waals surface area contributed by atoms with Gasteiger partial charge in [-0.1, -0.05) is 18.2 Å². The number of para-hydroxylation sites is 1. The molecule has 1 N–H and O–H groups in total. The predicted octanol–water partition coefficient (Wildman–Crippen LogP) is 2.76. The molecule has 90 valence electrons. The number of sulfone groups is 1. The number of benzene rings is 1. The van der Waals surface area contributed by atoms with Crippen molar-refractivity contribution in [3.63, 3.8) is 0 Å². The summed E-state index contributed by atoms with van der Waals surface area (Å²) in [7, 11) is -3.18. The van der Waals surface area contributed by atoms with E-state index >= 15 is 0 Å². The van der Waals surface area contributed by atoms with Crippen molar-refractivity contribution in [2.24, 2.45) is 0 Å². The molecule has 0 saturated heterocycles. The maximum atomic E-state index is 11.6. The van der Waals surface area contributed by atoms with Gasteiger partial charge >= 0.3 is 0 Å². The highest BCUT2D eigenvalue weighted by Crippen LogP contribution is 2.21. The molecule has 0 aliphatic rings. The lowest BCUT2D eigenvalue weighted by atomic mass is 10.3. The van der Waals surface area contributed by atoms with Crippen molar-refractivity contribution in [1.29, 1.82) is 0 Å². The van der Waals surface area contributed by atoms with E-state index in [4.69, 9.17) is 0 Å². The van der Waals surface area contributed by atoms with Crippen molar-refractivity contribution in [3.8, 4) is 0 Å². The van der Waals surface area contributed by atoms with E-state index in [1.807, 2.05) is 23.6 Å². The molecular formula is C12H13NO2S2. The minimum atomic E-state index is -3.18. The Morgan fingerprint density at radius 3 is 2.59 bits per heavy atom. The van der Waals surface area contributed by atoms with Gasteiger partial charge in [0.2, 0.25) is 0 Å². The van der Waals surface area contributed by atoms with Gasteiger partial charge in [0.05, 0.1) is 10.6 Å². The Hall–Kier alpha value is -1.33. The summed E-state index contributed by atoms with van der Waals surface area (Å²) in [6, 6.07) is 10.9. The minimum Gasteiger partial charge on any atom is -0.379 e. The molecule has 2 aromatic rings. The number of nitrogens with one attached hydrogen (secondary N) is 1. The van der Waals surface area contributed by atoms with Gasteiger partial charge in [0.25, 0.3) is 0 Å². The first-order valence-electron chi connectivity index (χ1n) is 5.13. The van der Waals surface area contributed by atoms with Crippen LogP contribution in [0.4, 0.5) is 5.69 Å². The van der Waals surface area contributed by atoms with E-state index in [9.17, 15) is 8.42 Å². The number of anilines is 1. The van der Waals surface area contributed by atoms with Crippen molar-refractivity contribution in [1.82, 2.24) is 0 Å². The topological polar surface area (TPSA) is 46.2 Å². The van der Waals surface area contributed by atoms with Gasteiger partial charge in [0.15, 0.2) is 9.84 Å². The normalized spacial score (nSPS) is 11.4. The zero-order chi connectivity index (χ0) is 12.3. The first-order valence-corrected chi connectivity index (χ1v) is 7.90. The van der Waals surface area contributed by atoms with Gasteiger partial charge in [-0.15, -0.1) is 11.3 Å². The van der Waals surface area contributed by atoms with Gasteiger partial charge in [-0.3, -0.25) is 0 Å². The van der Waals surface area contributed by atoms with Gasteiger partial charge in [0, 0.05) is 17.7 Å². The SMILES string of the molecule is CS(=O)(=O)c1ccccc1NCc1cccs1. The Balaban J connectivity index is 2.22. The second-order valence-electron chi connectivity index (χ2n) is 3.70. The fourth-order valence-electron chi connectivity index (χ4n) is 1.53. The van der Waals surface area contributed by atoms with Crippen LogP contribution in [0.1, 0.15) is 4.88 Å². The van der Waals surface area contributed by atoms with Crippen LogP contribution in [-0.4, -0.2) is 14.7 Å². The summed E-state index contributed by atoms with van der Waals surface area (Å²) in [6.45, 7) is 0.643. The average Bonchev–Trinajstić information content (AvgIpc) is 2.78. The number of rotatable bonds is 4. The third kappa shape index (κ3) is 3.08. The van der Waals surface area contributed by atoms with E-state index < -0.39 is 9.84 Å². The molecular weight excluding hydrogens is 254 g/mol. The summed E-state index contributed by atoms with van der Waals surface area (Å²) in [6.07, 6.45) is 1.22. The van der Waals surface area contributed by atoms with Gasteiger partial charge in [-0.05, 0) is 23.6 Å². The first kappa shape index (κ1) is 12.1. The number of hydrogen-bond donors (Lipinski definition) is 1. The van der Waals surface area contributed by atoms with Gasteiger partial charge < -0.3 is 5.32 Å². The largest absolute Gasteiger partial charge is 0.379 e. The van der Waals surface area contributed by atoms with E-state index in [1.165, 1.54) is 11.1 Å². The second kappa shape index (κ2) is 4.89. The highest BCUT2D eigenvalue weighted by molar-refractivity contribution is 7.90. The second-order valence-corrected chi connectivity index (χ2v) is 6.72. The first-order chi connectivity index (χ1) is 8.07. The molecule has 17 heavy (non-hydrogen) atoms. The van der Waals surface area contributed by atoms with E-state index in [1.54, 1.807) is 29.5 Å². The van der Waals surface area contributed by atoms with E-state index in [-0.39, 0.29) is 0 Å². The molecule has 0 saturated carbocycles. The summed E-state index contributed by atoms with van der Waals surface area (Å²) in [5.74, 6) is 0. The minimum absolute atomic E-state index is 0.344. The quantitative estimate of drug-likeness (QED) is 0.926. The Kier molecular flexibility index (Phi) is 3.49.